The van der Waals surface area contributed by atoms with E-state index in [1.165, 1.54) is 0 Å². The molecule has 2 saturated heterocycles. The summed E-state index contributed by atoms with van der Waals surface area (Å²) in [5, 5.41) is 9.75. The third kappa shape index (κ3) is 2.27. The molecule has 1 unspecified atom stereocenters. The second-order valence-electron chi connectivity index (χ2n) is 5.25. The number of carbonyl (C=O) groups excluding carboxylic acids is 2. The second-order valence-corrected chi connectivity index (χ2v) is 5.66. The summed E-state index contributed by atoms with van der Waals surface area (Å²) in [5.74, 6) is -0.484. The lowest BCUT2D eigenvalue weighted by molar-refractivity contribution is -0.145. The normalized spacial score (nSPS) is 23.1. The van der Waals surface area contributed by atoms with Gasteiger partial charge in [-0.2, -0.15) is 0 Å². The number of halogens is 1. The predicted molar refractivity (Wildman–Crippen MR) is 74.5 cm³/mol. The molecule has 5 nitrogen and oxygen atoms in total. The number of amides is 2. The van der Waals surface area contributed by atoms with Crippen molar-refractivity contribution in [2.24, 2.45) is 5.92 Å². The average molecular weight is 295 g/mol. The van der Waals surface area contributed by atoms with Crippen LogP contribution in [-0.2, 0) is 9.59 Å². The van der Waals surface area contributed by atoms with Gasteiger partial charge in [0, 0.05) is 26.1 Å². The van der Waals surface area contributed by atoms with Gasteiger partial charge in [-0.1, -0.05) is 23.7 Å². The molecule has 2 heterocycles. The van der Waals surface area contributed by atoms with Gasteiger partial charge in [0.2, 0.25) is 11.8 Å². The zero-order chi connectivity index (χ0) is 14.3. The van der Waals surface area contributed by atoms with E-state index >= 15 is 0 Å². The molecule has 1 aromatic carbocycles. The first kappa shape index (κ1) is 13.4. The molecule has 20 heavy (non-hydrogen) atoms. The standard InChI is InChI=1S/C14H15ClN2O3/c15-11-3-1-2-4-12(11)17-6-9(5-13(17)19)14(20)16-7-10(18)8-16/h1-4,9-10,18H,5-8H2. The summed E-state index contributed by atoms with van der Waals surface area (Å²) in [5.41, 5.74) is 0.651. The van der Waals surface area contributed by atoms with E-state index in [0.717, 1.165) is 0 Å². The highest BCUT2D eigenvalue weighted by molar-refractivity contribution is 6.33. The number of hydrogen-bond acceptors (Lipinski definition) is 3. The van der Waals surface area contributed by atoms with Crippen LogP contribution in [0.2, 0.25) is 5.02 Å². The molecule has 2 amide bonds. The third-order valence-corrected chi connectivity index (χ3v) is 4.11. The number of carbonyl (C=O) groups is 2. The topological polar surface area (TPSA) is 60.9 Å². The Kier molecular flexibility index (Phi) is 3.40. The van der Waals surface area contributed by atoms with Crippen molar-refractivity contribution < 1.29 is 14.7 Å². The Bertz CT molecular complexity index is 557. The van der Waals surface area contributed by atoms with E-state index in [9.17, 15) is 14.7 Å². The molecular weight excluding hydrogens is 280 g/mol. The lowest BCUT2D eigenvalue weighted by Crippen LogP contribution is -2.55. The molecule has 2 fully saturated rings. The molecule has 0 aromatic heterocycles. The van der Waals surface area contributed by atoms with Crippen molar-refractivity contribution in [3.05, 3.63) is 29.3 Å². The first-order chi connectivity index (χ1) is 9.56. The molecule has 2 aliphatic heterocycles. The van der Waals surface area contributed by atoms with Crippen LogP contribution in [0.1, 0.15) is 6.42 Å². The molecule has 0 saturated carbocycles. The smallest absolute Gasteiger partial charge is 0.228 e. The molecule has 2 aliphatic rings. The summed E-state index contributed by atoms with van der Waals surface area (Å²) < 4.78 is 0. The Hall–Kier alpha value is -1.59. The Balaban J connectivity index is 1.72. The van der Waals surface area contributed by atoms with E-state index in [4.69, 9.17) is 11.6 Å². The van der Waals surface area contributed by atoms with Crippen LogP contribution >= 0.6 is 11.6 Å². The quantitative estimate of drug-likeness (QED) is 0.881. The van der Waals surface area contributed by atoms with Gasteiger partial charge in [-0.15, -0.1) is 0 Å². The van der Waals surface area contributed by atoms with Crippen LogP contribution in [0.25, 0.3) is 0 Å². The second kappa shape index (κ2) is 5.07. The Morgan fingerprint density at radius 1 is 1.25 bits per heavy atom. The fourth-order valence-electron chi connectivity index (χ4n) is 2.67. The molecule has 1 atom stereocenters. The van der Waals surface area contributed by atoms with E-state index in [2.05, 4.69) is 0 Å². The maximum atomic E-state index is 12.2. The highest BCUT2D eigenvalue weighted by Gasteiger charge is 2.40. The van der Waals surface area contributed by atoms with Gasteiger partial charge in [-0.3, -0.25) is 9.59 Å². The monoisotopic (exact) mass is 294 g/mol. The van der Waals surface area contributed by atoms with Gasteiger partial charge in [0.25, 0.3) is 0 Å². The molecule has 0 radical (unpaired) electrons. The Labute approximate surface area is 121 Å². The number of para-hydroxylation sites is 1. The zero-order valence-corrected chi connectivity index (χ0v) is 11.6. The van der Waals surface area contributed by atoms with Gasteiger partial charge in [0.15, 0.2) is 0 Å². The number of anilines is 1. The van der Waals surface area contributed by atoms with Crippen LogP contribution < -0.4 is 4.90 Å². The van der Waals surface area contributed by atoms with Crippen LogP contribution in [0.4, 0.5) is 5.69 Å². The molecule has 106 valence electrons. The summed E-state index contributed by atoms with van der Waals surface area (Å²) in [4.78, 5) is 27.4. The largest absolute Gasteiger partial charge is 0.389 e. The molecule has 3 rings (SSSR count). The minimum absolute atomic E-state index is 0.0572. The van der Waals surface area contributed by atoms with Crippen LogP contribution in [-0.4, -0.2) is 47.6 Å². The SMILES string of the molecule is O=C(C1CC(=O)N(c2ccccc2Cl)C1)N1CC(O)C1. The summed E-state index contributed by atoms with van der Waals surface area (Å²) >= 11 is 6.09. The van der Waals surface area contributed by atoms with Crippen molar-refractivity contribution in [2.45, 2.75) is 12.5 Å². The maximum absolute atomic E-state index is 12.2. The lowest BCUT2D eigenvalue weighted by Gasteiger charge is -2.37. The third-order valence-electron chi connectivity index (χ3n) is 3.79. The van der Waals surface area contributed by atoms with Gasteiger partial charge < -0.3 is 14.9 Å². The van der Waals surface area contributed by atoms with Crippen molar-refractivity contribution >= 4 is 29.1 Å². The highest BCUT2D eigenvalue weighted by Crippen LogP contribution is 2.32. The van der Waals surface area contributed by atoms with Crippen molar-refractivity contribution in [1.82, 2.24) is 4.90 Å². The van der Waals surface area contributed by atoms with Crippen LogP contribution in [0, 0.1) is 5.92 Å². The van der Waals surface area contributed by atoms with Gasteiger partial charge in [0.05, 0.1) is 22.7 Å². The van der Waals surface area contributed by atoms with E-state index in [1.54, 1.807) is 28.0 Å². The maximum Gasteiger partial charge on any atom is 0.228 e. The predicted octanol–water partition coefficient (Wildman–Crippen LogP) is 0.896. The van der Waals surface area contributed by atoms with E-state index in [1.807, 2.05) is 6.07 Å². The Morgan fingerprint density at radius 3 is 2.60 bits per heavy atom. The molecular formula is C14H15ClN2O3. The number of rotatable bonds is 2. The number of aliphatic hydroxyl groups is 1. The number of likely N-dealkylation sites (tertiary alicyclic amines) is 1. The van der Waals surface area contributed by atoms with Gasteiger partial charge in [-0.25, -0.2) is 0 Å². The number of β-amino-alcohol motifs (C(OH)–C–C–N with tert-alkyl or cyclic N) is 1. The van der Waals surface area contributed by atoms with Crippen LogP contribution in [0.15, 0.2) is 24.3 Å². The summed E-state index contributed by atoms with van der Waals surface area (Å²) in [6.45, 7) is 1.10. The van der Waals surface area contributed by atoms with Crippen LogP contribution in [0.3, 0.4) is 0 Å². The van der Waals surface area contributed by atoms with E-state index < -0.39 is 6.10 Å². The molecule has 0 bridgehead atoms. The van der Waals surface area contributed by atoms with Crippen molar-refractivity contribution in [1.29, 1.82) is 0 Å². The summed E-state index contributed by atoms with van der Waals surface area (Å²) in [7, 11) is 0. The Morgan fingerprint density at radius 2 is 1.95 bits per heavy atom. The molecule has 0 spiro atoms. The average Bonchev–Trinajstić information content (AvgIpc) is 2.77. The molecule has 1 aromatic rings. The highest BCUT2D eigenvalue weighted by atomic mass is 35.5. The molecule has 6 heteroatoms. The van der Waals surface area contributed by atoms with E-state index in [-0.39, 0.29) is 24.2 Å². The minimum Gasteiger partial charge on any atom is -0.389 e. The van der Waals surface area contributed by atoms with Crippen LogP contribution in [0.5, 0.6) is 0 Å². The zero-order valence-electron chi connectivity index (χ0n) is 10.8. The molecule has 1 N–H and O–H groups in total. The minimum atomic E-state index is -0.421. The fourth-order valence-corrected chi connectivity index (χ4v) is 2.91. The lowest BCUT2D eigenvalue weighted by atomic mass is 10.0. The number of hydrogen-bond donors (Lipinski definition) is 1. The number of nitrogens with zero attached hydrogens (tertiary/aromatic N) is 2. The first-order valence-corrected chi connectivity index (χ1v) is 6.96. The van der Waals surface area contributed by atoms with Crippen molar-refractivity contribution in [2.75, 3.05) is 24.5 Å². The van der Waals surface area contributed by atoms with E-state index in [0.29, 0.717) is 30.3 Å². The van der Waals surface area contributed by atoms with Crippen molar-refractivity contribution in [3.63, 3.8) is 0 Å². The van der Waals surface area contributed by atoms with Gasteiger partial charge in [0.1, 0.15) is 0 Å². The number of benzene rings is 1. The van der Waals surface area contributed by atoms with Gasteiger partial charge in [-0.05, 0) is 12.1 Å². The summed E-state index contributed by atoms with van der Waals surface area (Å²) in [6, 6.07) is 7.12. The fraction of sp³-hybridized carbons (Fsp3) is 0.429. The van der Waals surface area contributed by atoms with Gasteiger partial charge >= 0.3 is 0 Å². The molecule has 0 aliphatic carbocycles. The first-order valence-electron chi connectivity index (χ1n) is 6.58. The summed E-state index contributed by atoms with van der Waals surface area (Å²) in [6.07, 6.45) is -0.216. The van der Waals surface area contributed by atoms with Crippen molar-refractivity contribution in [3.8, 4) is 0 Å². The number of aliphatic hydroxyl groups excluding tert-OH is 1.